The zero-order valence-corrected chi connectivity index (χ0v) is 20.9. The van der Waals surface area contributed by atoms with Crippen LogP contribution in [-0.4, -0.2) is 36.1 Å². The summed E-state index contributed by atoms with van der Waals surface area (Å²) in [6, 6.07) is 16.9. The van der Waals surface area contributed by atoms with Crippen molar-refractivity contribution in [2.75, 3.05) is 13.2 Å². The van der Waals surface area contributed by atoms with Gasteiger partial charge in [0, 0.05) is 36.9 Å². The van der Waals surface area contributed by atoms with Gasteiger partial charge in [-0.25, -0.2) is 4.39 Å². The van der Waals surface area contributed by atoms with E-state index in [1.807, 2.05) is 6.07 Å². The molecule has 2 aromatic rings. The molecule has 2 amide bonds. The molecule has 2 aromatic carbocycles. The molecule has 188 valence electrons. The Kier molecular flexibility index (Phi) is 7.60. The fourth-order valence-electron chi connectivity index (χ4n) is 5.93. The maximum absolute atomic E-state index is 13.3. The molecule has 0 unspecified atom stereocenters. The highest BCUT2D eigenvalue weighted by Crippen LogP contribution is 2.43. The van der Waals surface area contributed by atoms with Crippen molar-refractivity contribution in [2.45, 2.75) is 81.8 Å². The second kappa shape index (κ2) is 10.5. The minimum Gasteiger partial charge on any atom is -0.376 e. The second-order valence-electron chi connectivity index (χ2n) is 10.9. The SMILES string of the molecule is CC1(C)C[C@@](CCNC(=O)CC[C@]2(Cc3ccc(F)cc3)CCC(=O)N2)(c2ccccc2)CCO1. The van der Waals surface area contributed by atoms with Crippen molar-refractivity contribution in [2.24, 2.45) is 0 Å². The molecule has 0 radical (unpaired) electrons. The van der Waals surface area contributed by atoms with E-state index in [9.17, 15) is 14.0 Å². The number of hydrogen-bond donors (Lipinski definition) is 2. The topological polar surface area (TPSA) is 67.4 Å². The van der Waals surface area contributed by atoms with E-state index in [1.54, 1.807) is 12.1 Å². The molecular weight excluding hydrogens is 443 g/mol. The van der Waals surface area contributed by atoms with Crippen LogP contribution in [-0.2, 0) is 26.2 Å². The molecule has 35 heavy (non-hydrogen) atoms. The van der Waals surface area contributed by atoms with Crippen molar-refractivity contribution < 1.29 is 18.7 Å². The van der Waals surface area contributed by atoms with Gasteiger partial charge in [-0.3, -0.25) is 9.59 Å². The predicted octanol–water partition coefficient (Wildman–Crippen LogP) is 4.83. The van der Waals surface area contributed by atoms with Gasteiger partial charge in [-0.1, -0.05) is 42.5 Å². The number of amides is 2. The number of ether oxygens (including phenoxy) is 1. The fraction of sp³-hybridized carbons (Fsp3) is 0.517. The van der Waals surface area contributed by atoms with E-state index < -0.39 is 5.54 Å². The molecule has 0 saturated carbocycles. The summed E-state index contributed by atoms with van der Waals surface area (Å²) >= 11 is 0. The Morgan fingerprint density at radius 1 is 1.06 bits per heavy atom. The number of benzene rings is 2. The van der Waals surface area contributed by atoms with Crippen molar-refractivity contribution in [1.29, 1.82) is 0 Å². The van der Waals surface area contributed by atoms with E-state index >= 15 is 0 Å². The van der Waals surface area contributed by atoms with Crippen LogP contribution < -0.4 is 10.6 Å². The van der Waals surface area contributed by atoms with E-state index in [-0.39, 0.29) is 28.6 Å². The predicted molar refractivity (Wildman–Crippen MR) is 134 cm³/mol. The molecule has 0 spiro atoms. The van der Waals surface area contributed by atoms with Crippen LogP contribution in [0.1, 0.15) is 69.9 Å². The van der Waals surface area contributed by atoms with Crippen molar-refractivity contribution in [1.82, 2.24) is 10.6 Å². The van der Waals surface area contributed by atoms with Gasteiger partial charge in [-0.05, 0) is 75.6 Å². The summed E-state index contributed by atoms with van der Waals surface area (Å²) in [5.41, 5.74) is 1.58. The lowest BCUT2D eigenvalue weighted by Crippen LogP contribution is -2.46. The van der Waals surface area contributed by atoms with Crippen LogP contribution in [0.2, 0.25) is 0 Å². The molecule has 2 N–H and O–H groups in total. The molecule has 0 aliphatic carbocycles. The van der Waals surface area contributed by atoms with Crippen molar-refractivity contribution in [3.8, 4) is 0 Å². The second-order valence-corrected chi connectivity index (χ2v) is 10.9. The van der Waals surface area contributed by atoms with Gasteiger partial charge in [0.25, 0.3) is 0 Å². The largest absolute Gasteiger partial charge is 0.376 e. The highest BCUT2D eigenvalue weighted by atomic mass is 19.1. The first-order valence-corrected chi connectivity index (χ1v) is 12.7. The van der Waals surface area contributed by atoms with Crippen LogP contribution in [0.25, 0.3) is 0 Å². The molecule has 2 heterocycles. The maximum Gasteiger partial charge on any atom is 0.220 e. The number of hydrogen-bond acceptors (Lipinski definition) is 3. The number of halogens is 1. The van der Waals surface area contributed by atoms with Gasteiger partial charge in [0.1, 0.15) is 5.82 Å². The molecule has 0 bridgehead atoms. The average molecular weight is 481 g/mol. The monoisotopic (exact) mass is 480 g/mol. The molecule has 2 saturated heterocycles. The first-order chi connectivity index (χ1) is 16.7. The number of nitrogens with one attached hydrogen (secondary N) is 2. The summed E-state index contributed by atoms with van der Waals surface area (Å²) in [7, 11) is 0. The molecule has 2 aliphatic rings. The van der Waals surface area contributed by atoms with Crippen LogP contribution in [0.3, 0.4) is 0 Å². The zero-order valence-electron chi connectivity index (χ0n) is 20.9. The lowest BCUT2D eigenvalue weighted by atomic mass is 9.67. The third-order valence-corrected chi connectivity index (χ3v) is 7.67. The molecule has 0 aromatic heterocycles. The molecule has 4 rings (SSSR count). The summed E-state index contributed by atoms with van der Waals surface area (Å²) in [5, 5.41) is 6.24. The van der Waals surface area contributed by atoms with Crippen LogP contribution in [0.4, 0.5) is 4.39 Å². The van der Waals surface area contributed by atoms with Crippen LogP contribution in [0.5, 0.6) is 0 Å². The van der Waals surface area contributed by atoms with Crippen LogP contribution in [0, 0.1) is 5.82 Å². The third-order valence-electron chi connectivity index (χ3n) is 7.67. The van der Waals surface area contributed by atoms with Gasteiger partial charge in [-0.15, -0.1) is 0 Å². The van der Waals surface area contributed by atoms with E-state index in [4.69, 9.17) is 4.74 Å². The summed E-state index contributed by atoms with van der Waals surface area (Å²) < 4.78 is 19.3. The van der Waals surface area contributed by atoms with Crippen molar-refractivity contribution in [3.63, 3.8) is 0 Å². The zero-order chi connectivity index (χ0) is 24.9. The minimum atomic E-state index is -0.456. The molecule has 6 heteroatoms. The van der Waals surface area contributed by atoms with E-state index in [0.717, 1.165) is 24.8 Å². The first kappa shape index (κ1) is 25.4. The van der Waals surface area contributed by atoms with Crippen molar-refractivity contribution in [3.05, 3.63) is 71.5 Å². The Hall–Kier alpha value is -2.73. The van der Waals surface area contributed by atoms with E-state index in [0.29, 0.717) is 45.3 Å². The molecule has 2 aliphatic heterocycles. The van der Waals surface area contributed by atoms with Gasteiger partial charge in [0.2, 0.25) is 11.8 Å². The number of carbonyl (C=O) groups excluding carboxylic acids is 2. The normalized spacial score (nSPS) is 25.7. The Morgan fingerprint density at radius 3 is 2.46 bits per heavy atom. The Bertz CT molecular complexity index is 1020. The van der Waals surface area contributed by atoms with Crippen LogP contribution in [0.15, 0.2) is 54.6 Å². The summed E-state index contributed by atoms with van der Waals surface area (Å²) in [5.74, 6) is -0.266. The number of carbonyl (C=O) groups is 2. The highest BCUT2D eigenvalue weighted by molar-refractivity contribution is 5.80. The Labute approximate surface area is 207 Å². The third kappa shape index (κ3) is 6.49. The maximum atomic E-state index is 13.3. The molecule has 2 fully saturated rings. The van der Waals surface area contributed by atoms with Gasteiger partial charge in [-0.2, -0.15) is 0 Å². The van der Waals surface area contributed by atoms with Gasteiger partial charge in [0.05, 0.1) is 5.60 Å². The standard InChI is InChI=1S/C29H37FN2O3/c1-27(2)21-28(17-19-35-27,23-6-4-3-5-7-23)16-18-31-25(33)12-14-29(15-13-26(34)32-29)20-22-8-10-24(30)11-9-22/h3-11H,12-21H2,1-2H3,(H,31,33)(H,32,34)/t28-,29+/m0/s1. The van der Waals surface area contributed by atoms with Gasteiger partial charge < -0.3 is 15.4 Å². The first-order valence-electron chi connectivity index (χ1n) is 12.7. The van der Waals surface area contributed by atoms with Gasteiger partial charge >= 0.3 is 0 Å². The number of rotatable bonds is 9. The fourth-order valence-corrected chi connectivity index (χ4v) is 5.93. The highest BCUT2D eigenvalue weighted by Gasteiger charge is 2.42. The van der Waals surface area contributed by atoms with E-state index in [2.05, 4.69) is 48.7 Å². The minimum absolute atomic E-state index is 0.000776. The van der Waals surface area contributed by atoms with Crippen LogP contribution >= 0.6 is 0 Å². The quantitative estimate of drug-likeness (QED) is 0.540. The lowest BCUT2D eigenvalue weighted by molar-refractivity contribution is -0.123. The molecule has 5 nitrogen and oxygen atoms in total. The average Bonchev–Trinajstić information content (AvgIpc) is 3.20. The van der Waals surface area contributed by atoms with E-state index in [1.165, 1.54) is 17.7 Å². The summed E-state index contributed by atoms with van der Waals surface area (Å²) in [6.45, 7) is 5.58. The molecular formula is C29H37FN2O3. The molecule has 2 atom stereocenters. The Balaban J connectivity index is 1.35. The Morgan fingerprint density at radius 2 is 1.80 bits per heavy atom. The van der Waals surface area contributed by atoms with Gasteiger partial charge in [0.15, 0.2) is 0 Å². The summed E-state index contributed by atoms with van der Waals surface area (Å²) in [4.78, 5) is 24.9. The van der Waals surface area contributed by atoms with Crippen molar-refractivity contribution >= 4 is 11.8 Å². The lowest BCUT2D eigenvalue weighted by Gasteiger charge is -2.45. The summed E-state index contributed by atoms with van der Waals surface area (Å²) in [6.07, 6.45) is 5.34. The smallest absolute Gasteiger partial charge is 0.220 e.